The third-order valence-corrected chi connectivity index (χ3v) is 7.03. The SMILES string of the molecule is c1cncc(CN2C[C@H](c3ccc4c(c3)OCO4)[C@@H]3[C@H]2C2CCN3CC2)c1. The highest BCUT2D eigenvalue weighted by molar-refractivity contribution is 5.46. The van der Waals surface area contributed by atoms with Crippen LogP contribution < -0.4 is 9.47 Å². The monoisotopic (exact) mass is 363 g/mol. The summed E-state index contributed by atoms with van der Waals surface area (Å²) < 4.78 is 11.2. The lowest BCUT2D eigenvalue weighted by Crippen LogP contribution is -2.59. The van der Waals surface area contributed by atoms with Gasteiger partial charge in [0.25, 0.3) is 0 Å². The molecule has 1 aromatic carbocycles. The van der Waals surface area contributed by atoms with Crippen molar-refractivity contribution in [3.63, 3.8) is 0 Å². The smallest absolute Gasteiger partial charge is 0.231 e. The van der Waals surface area contributed by atoms with Crippen LogP contribution in [0.15, 0.2) is 42.7 Å². The highest BCUT2D eigenvalue weighted by Gasteiger charge is 2.53. The number of benzene rings is 1. The van der Waals surface area contributed by atoms with Crippen molar-refractivity contribution in [2.45, 2.75) is 37.4 Å². The zero-order valence-electron chi connectivity index (χ0n) is 15.5. The standard InChI is InChI=1S/C22H25N3O2/c1-2-15(11-23-7-1)12-25-13-18(17-3-4-19-20(10-17)27-14-26-19)22-21(25)16-5-8-24(22)9-6-16/h1-4,7,10-11,16,18,21-22H,5-6,8-9,12-14H2/t18-,21-,22-/m1/s1. The first-order chi connectivity index (χ1) is 13.4. The van der Waals surface area contributed by atoms with Crippen LogP contribution in [0.2, 0.25) is 0 Å². The number of fused-ring (bicyclic) bond motifs is 3. The van der Waals surface area contributed by atoms with Crippen LogP contribution in [0.5, 0.6) is 11.5 Å². The molecule has 2 bridgehead atoms. The van der Waals surface area contributed by atoms with E-state index in [1.165, 1.54) is 37.1 Å². The summed E-state index contributed by atoms with van der Waals surface area (Å²) in [7, 11) is 0. The second-order valence-corrected chi connectivity index (χ2v) is 8.36. The Morgan fingerprint density at radius 3 is 2.78 bits per heavy atom. The molecule has 5 aliphatic rings. The van der Waals surface area contributed by atoms with Gasteiger partial charge in [-0.2, -0.15) is 0 Å². The second-order valence-electron chi connectivity index (χ2n) is 8.36. The van der Waals surface area contributed by atoms with Gasteiger partial charge in [0.2, 0.25) is 6.79 Å². The maximum Gasteiger partial charge on any atom is 0.231 e. The van der Waals surface area contributed by atoms with E-state index in [0.29, 0.717) is 24.8 Å². The molecule has 0 unspecified atom stereocenters. The Morgan fingerprint density at radius 2 is 1.93 bits per heavy atom. The fourth-order valence-corrected chi connectivity index (χ4v) is 5.89. The van der Waals surface area contributed by atoms with Crippen molar-refractivity contribution >= 4 is 0 Å². The lowest BCUT2D eigenvalue weighted by molar-refractivity contribution is -0.00871. The van der Waals surface area contributed by atoms with Crippen molar-refractivity contribution in [2.75, 3.05) is 26.4 Å². The first kappa shape index (κ1) is 15.9. The van der Waals surface area contributed by atoms with Crippen molar-refractivity contribution in [2.24, 2.45) is 5.92 Å². The van der Waals surface area contributed by atoms with Crippen molar-refractivity contribution in [1.82, 2.24) is 14.8 Å². The van der Waals surface area contributed by atoms with E-state index in [9.17, 15) is 0 Å². The molecule has 1 aromatic heterocycles. The molecular formula is C22H25N3O2. The fraction of sp³-hybridized carbons (Fsp3) is 0.500. The molecule has 4 fully saturated rings. The topological polar surface area (TPSA) is 37.8 Å². The largest absolute Gasteiger partial charge is 0.454 e. The minimum absolute atomic E-state index is 0.344. The number of piperidine rings is 3. The number of pyridine rings is 1. The molecule has 27 heavy (non-hydrogen) atoms. The zero-order valence-corrected chi connectivity index (χ0v) is 15.5. The van der Waals surface area contributed by atoms with Gasteiger partial charge in [-0.3, -0.25) is 14.8 Å². The Labute approximate surface area is 159 Å². The lowest BCUT2D eigenvalue weighted by atomic mass is 9.75. The maximum atomic E-state index is 5.66. The molecule has 3 atom stereocenters. The van der Waals surface area contributed by atoms with E-state index in [4.69, 9.17) is 9.47 Å². The molecular weight excluding hydrogens is 338 g/mol. The Balaban J connectivity index is 1.35. The molecule has 0 radical (unpaired) electrons. The summed E-state index contributed by atoms with van der Waals surface area (Å²) in [5.74, 6) is 3.15. The van der Waals surface area contributed by atoms with Gasteiger partial charge in [0.15, 0.2) is 11.5 Å². The second kappa shape index (κ2) is 6.21. The van der Waals surface area contributed by atoms with Gasteiger partial charge < -0.3 is 9.47 Å². The number of likely N-dealkylation sites (tertiary alicyclic amines) is 1. The van der Waals surface area contributed by atoms with Crippen LogP contribution in [0.25, 0.3) is 0 Å². The van der Waals surface area contributed by atoms with Crippen LogP contribution in [-0.2, 0) is 6.54 Å². The number of nitrogens with zero attached hydrogens (tertiary/aromatic N) is 3. The molecule has 140 valence electrons. The van der Waals surface area contributed by atoms with Gasteiger partial charge in [-0.25, -0.2) is 0 Å². The number of hydrogen-bond acceptors (Lipinski definition) is 5. The molecule has 0 aliphatic carbocycles. The van der Waals surface area contributed by atoms with Crippen molar-refractivity contribution in [3.8, 4) is 11.5 Å². The van der Waals surface area contributed by atoms with Crippen molar-refractivity contribution in [1.29, 1.82) is 0 Å². The molecule has 4 saturated heterocycles. The first-order valence-electron chi connectivity index (χ1n) is 10.1. The minimum atomic E-state index is 0.344. The van der Waals surface area contributed by atoms with Crippen molar-refractivity contribution < 1.29 is 9.47 Å². The van der Waals surface area contributed by atoms with Crippen LogP contribution in [0, 0.1) is 5.92 Å². The van der Waals surface area contributed by atoms with Crippen LogP contribution in [-0.4, -0.2) is 53.3 Å². The average Bonchev–Trinajstić information content (AvgIpc) is 3.35. The van der Waals surface area contributed by atoms with E-state index in [1.807, 2.05) is 12.4 Å². The van der Waals surface area contributed by atoms with Gasteiger partial charge in [-0.15, -0.1) is 0 Å². The van der Waals surface area contributed by atoms with Gasteiger partial charge in [0, 0.05) is 43.5 Å². The van der Waals surface area contributed by atoms with Gasteiger partial charge >= 0.3 is 0 Å². The van der Waals surface area contributed by atoms with Crippen LogP contribution in [0.1, 0.15) is 29.9 Å². The molecule has 6 heterocycles. The molecule has 2 aromatic rings. The molecule has 0 saturated carbocycles. The number of hydrogen-bond donors (Lipinski definition) is 0. The molecule has 5 aliphatic heterocycles. The molecule has 0 spiro atoms. The van der Waals surface area contributed by atoms with E-state index in [-0.39, 0.29) is 0 Å². The molecule has 0 N–H and O–H groups in total. The third kappa shape index (κ3) is 2.56. The minimum Gasteiger partial charge on any atom is -0.454 e. The van der Waals surface area contributed by atoms with Crippen molar-refractivity contribution in [3.05, 3.63) is 53.9 Å². The highest BCUT2D eigenvalue weighted by atomic mass is 16.7. The van der Waals surface area contributed by atoms with E-state index in [0.717, 1.165) is 30.5 Å². The van der Waals surface area contributed by atoms with E-state index < -0.39 is 0 Å². The Bertz CT molecular complexity index is 835. The summed E-state index contributed by atoms with van der Waals surface area (Å²) in [6, 6.07) is 12.1. The summed E-state index contributed by atoms with van der Waals surface area (Å²) in [6.45, 7) is 4.97. The third-order valence-electron chi connectivity index (χ3n) is 7.03. The predicted molar refractivity (Wildman–Crippen MR) is 102 cm³/mol. The average molecular weight is 363 g/mol. The predicted octanol–water partition coefficient (Wildman–Crippen LogP) is 2.87. The summed E-state index contributed by atoms with van der Waals surface area (Å²) >= 11 is 0. The van der Waals surface area contributed by atoms with E-state index in [1.54, 1.807) is 0 Å². The van der Waals surface area contributed by atoms with Crippen LogP contribution in [0.3, 0.4) is 0 Å². The van der Waals surface area contributed by atoms with Gasteiger partial charge in [0.1, 0.15) is 0 Å². The number of aromatic nitrogens is 1. The van der Waals surface area contributed by atoms with Gasteiger partial charge in [-0.05, 0) is 61.2 Å². The van der Waals surface area contributed by atoms with Crippen LogP contribution >= 0.6 is 0 Å². The van der Waals surface area contributed by atoms with Crippen LogP contribution in [0.4, 0.5) is 0 Å². The van der Waals surface area contributed by atoms with E-state index in [2.05, 4.69) is 45.1 Å². The zero-order chi connectivity index (χ0) is 17.8. The summed E-state index contributed by atoms with van der Waals surface area (Å²) in [6.07, 6.45) is 6.57. The number of ether oxygens (including phenoxy) is 2. The fourth-order valence-electron chi connectivity index (χ4n) is 5.89. The lowest BCUT2D eigenvalue weighted by Gasteiger charge is -2.51. The Morgan fingerprint density at radius 1 is 1.04 bits per heavy atom. The molecule has 5 heteroatoms. The van der Waals surface area contributed by atoms with Gasteiger partial charge in [0.05, 0.1) is 0 Å². The van der Waals surface area contributed by atoms with E-state index >= 15 is 0 Å². The Kier molecular flexibility index (Phi) is 3.66. The molecule has 0 amide bonds. The first-order valence-corrected chi connectivity index (χ1v) is 10.1. The Hall–Kier alpha value is -2.11. The summed E-state index contributed by atoms with van der Waals surface area (Å²) in [5, 5.41) is 0. The summed E-state index contributed by atoms with van der Waals surface area (Å²) in [5.41, 5.74) is 2.72. The maximum absolute atomic E-state index is 5.66. The van der Waals surface area contributed by atoms with Gasteiger partial charge in [-0.1, -0.05) is 12.1 Å². The normalized spacial score (nSPS) is 34.0. The summed E-state index contributed by atoms with van der Waals surface area (Å²) in [4.78, 5) is 9.81. The number of rotatable bonds is 3. The highest BCUT2D eigenvalue weighted by Crippen LogP contribution is 2.48. The molecule has 5 nitrogen and oxygen atoms in total. The quantitative estimate of drug-likeness (QED) is 0.838. The molecule has 7 rings (SSSR count).